The molecule has 0 saturated carbocycles. The van der Waals surface area contributed by atoms with Gasteiger partial charge in [0.1, 0.15) is 11.1 Å². The van der Waals surface area contributed by atoms with Crippen molar-refractivity contribution in [1.82, 2.24) is 0 Å². The number of hydrogen-bond acceptors (Lipinski definition) is 4. The van der Waals surface area contributed by atoms with Crippen LogP contribution in [-0.2, 0) is 0 Å². The minimum atomic E-state index is -0.686. The standard InChI is InChI=1S/C15H10O4/c1-18-12-8-4-7-10-9-5-2-3-6-11(9)14(16)19-15(17)13(10)12/h2-8H,1H3. The molecule has 0 unspecified atom stereocenters. The molecule has 0 spiro atoms. The van der Waals surface area contributed by atoms with E-state index in [9.17, 15) is 9.59 Å². The first-order valence-electron chi connectivity index (χ1n) is 5.75. The zero-order valence-corrected chi connectivity index (χ0v) is 10.2. The molecule has 0 radical (unpaired) electrons. The Hall–Kier alpha value is -2.62. The van der Waals surface area contributed by atoms with Gasteiger partial charge in [0, 0.05) is 5.39 Å². The van der Waals surface area contributed by atoms with E-state index in [0.717, 1.165) is 0 Å². The third kappa shape index (κ3) is 1.69. The minimum absolute atomic E-state index is 0.281. The molecule has 3 aromatic rings. The van der Waals surface area contributed by atoms with Crippen LogP contribution in [0.4, 0.5) is 0 Å². The number of ether oxygens (including phenoxy) is 1. The third-order valence-electron chi connectivity index (χ3n) is 3.07. The van der Waals surface area contributed by atoms with Crippen molar-refractivity contribution in [3.63, 3.8) is 0 Å². The van der Waals surface area contributed by atoms with Crippen LogP contribution in [0.1, 0.15) is 0 Å². The maximum Gasteiger partial charge on any atom is 0.350 e. The number of benzene rings is 2. The molecule has 0 N–H and O–H groups in total. The first-order valence-corrected chi connectivity index (χ1v) is 5.75. The summed E-state index contributed by atoms with van der Waals surface area (Å²) < 4.78 is 10.0. The minimum Gasteiger partial charge on any atom is -0.496 e. The second-order valence-electron chi connectivity index (χ2n) is 4.11. The van der Waals surface area contributed by atoms with Crippen molar-refractivity contribution in [3.05, 3.63) is 63.3 Å². The van der Waals surface area contributed by atoms with Crippen LogP contribution in [-0.4, -0.2) is 7.11 Å². The molecule has 94 valence electrons. The van der Waals surface area contributed by atoms with Gasteiger partial charge in [-0.25, -0.2) is 9.59 Å². The molecule has 0 fully saturated rings. The fraction of sp³-hybridized carbons (Fsp3) is 0.0667. The first-order chi connectivity index (χ1) is 9.22. The summed E-state index contributed by atoms with van der Waals surface area (Å²) in [4.78, 5) is 23.9. The molecule has 0 bridgehead atoms. The fourth-order valence-electron chi connectivity index (χ4n) is 2.22. The topological polar surface area (TPSA) is 56.5 Å². The van der Waals surface area contributed by atoms with Gasteiger partial charge in [-0.3, -0.25) is 0 Å². The van der Waals surface area contributed by atoms with Crippen LogP contribution in [0.5, 0.6) is 5.75 Å². The van der Waals surface area contributed by atoms with E-state index in [1.165, 1.54) is 7.11 Å². The average molecular weight is 254 g/mol. The zero-order valence-electron chi connectivity index (χ0n) is 10.2. The first kappa shape index (κ1) is 11.5. The Morgan fingerprint density at radius 3 is 2.26 bits per heavy atom. The second kappa shape index (κ2) is 4.24. The maximum atomic E-state index is 12.0. The molecule has 0 aliphatic heterocycles. The zero-order chi connectivity index (χ0) is 13.4. The summed E-state index contributed by atoms with van der Waals surface area (Å²) in [6, 6.07) is 12.2. The van der Waals surface area contributed by atoms with Crippen LogP contribution < -0.4 is 16.0 Å². The lowest BCUT2D eigenvalue weighted by Crippen LogP contribution is -2.05. The van der Waals surface area contributed by atoms with Gasteiger partial charge in [-0.05, 0) is 17.5 Å². The van der Waals surface area contributed by atoms with E-state index in [-0.39, 0.29) is 5.39 Å². The van der Waals surface area contributed by atoms with Crippen molar-refractivity contribution in [1.29, 1.82) is 0 Å². The van der Waals surface area contributed by atoms with Gasteiger partial charge >= 0.3 is 11.3 Å². The number of fused-ring (bicyclic) bond motifs is 3. The molecule has 0 saturated heterocycles. The molecule has 0 atom stereocenters. The van der Waals surface area contributed by atoms with E-state index in [1.807, 2.05) is 6.07 Å². The number of rotatable bonds is 1. The highest BCUT2D eigenvalue weighted by Crippen LogP contribution is 2.26. The second-order valence-corrected chi connectivity index (χ2v) is 4.11. The van der Waals surface area contributed by atoms with Crippen molar-refractivity contribution in [2.24, 2.45) is 0 Å². The third-order valence-corrected chi connectivity index (χ3v) is 3.07. The van der Waals surface area contributed by atoms with Gasteiger partial charge in [0.2, 0.25) is 0 Å². The smallest absolute Gasteiger partial charge is 0.350 e. The lowest BCUT2D eigenvalue weighted by molar-refractivity contribution is 0.416. The Labute approximate surface area is 107 Å². The van der Waals surface area contributed by atoms with Crippen LogP contribution >= 0.6 is 0 Å². The van der Waals surface area contributed by atoms with Crippen molar-refractivity contribution < 1.29 is 9.15 Å². The normalized spacial score (nSPS) is 10.8. The van der Waals surface area contributed by atoms with Gasteiger partial charge in [-0.1, -0.05) is 30.3 Å². The summed E-state index contributed by atoms with van der Waals surface area (Å²) in [5.41, 5.74) is -1.33. The van der Waals surface area contributed by atoms with E-state index < -0.39 is 11.3 Å². The monoisotopic (exact) mass is 254 g/mol. The van der Waals surface area contributed by atoms with Crippen LogP contribution in [0.3, 0.4) is 0 Å². The number of methoxy groups -OCH3 is 1. The Kier molecular flexibility index (Phi) is 2.56. The lowest BCUT2D eigenvalue weighted by atomic mass is 10.1. The molecular weight excluding hydrogens is 244 g/mol. The predicted octanol–water partition coefficient (Wildman–Crippen LogP) is 2.32. The Morgan fingerprint density at radius 1 is 0.842 bits per heavy atom. The van der Waals surface area contributed by atoms with Crippen LogP contribution in [0.25, 0.3) is 21.5 Å². The van der Waals surface area contributed by atoms with Crippen molar-refractivity contribution in [2.75, 3.05) is 7.11 Å². The maximum absolute atomic E-state index is 12.0. The van der Waals surface area contributed by atoms with Crippen LogP contribution in [0, 0.1) is 0 Å². The highest BCUT2D eigenvalue weighted by Gasteiger charge is 2.10. The molecule has 4 heteroatoms. The highest BCUT2D eigenvalue weighted by molar-refractivity contribution is 6.06. The lowest BCUT2D eigenvalue weighted by Gasteiger charge is -2.01. The summed E-state index contributed by atoms with van der Waals surface area (Å²) in [7, 11) is 1.47. The van der Waals surface area contributed by atoms with Crippen molar-refractivity contribution in [3.8, 4) is 5.75 Å². The van der Waals surface area contributed by atoms with E-state index >= 15 is 0 Å². The Balaban J connectivity index is 2.77. The van der Waals surface area contributed by atoms with E-state index in [1.54, 1.807) is 36.4 Å². The van der Waals surface area contributed by atoms with Gasteiger partial charge in [0.25, 0.3) is 0 Å². The molecule has 0 aliphatic carbocycles. The molecular formula is C15H10O4. The predicted molar refractivity (Wildman–Crippen MR) is 72.8 cm³/mol. The molecule has 0 amide bonds. The Bertz CT molecular complexity index is 893. The average Bonchev–Trinajstić information content (AvgIpc) is 2.55. The van der Waals surface area contributed by atoms with E-state index in [4.69, 9.17) is 9.15 Å². The Morgan fingerprint density at radius 2 is 1.53 bits per heavy atom. The molecule has 0 aliphatic rings. The molecule has 2 aromatic carbocycles. The van der Waals surface area contributed by atoms with E-state index in [0.29, 0.717) is 21.9 Å². The van der Waals surface area contributed by atoms with Gasteiger partial charge < -0.3 is 9.15 Å². The highest BCUT2D eigenvalue weighted by atomic mass is 16.5. The van der Waals surface area contributed by atoms with Gasteiger partial charge in [0.05, 0.1) is 12.5 Å². The summed E-state index contributed by atoms with van der Waals surface area (Å²) in [6.07, 6.45) is 0. The van der Waals surface area contributed by atoms with Crippen molar-refractivity contribution in [2.45, 2.75) is 0 Å². The molecule has 1 aromatic heterocycles. The largest absolute Gasteiger partial charge is 0.496 e. The van der Waals surface area contributed by atoms with Crippen LogP contribution in [0.2, 0.25) is 0 Å². The molecule has 19 heavy (non-hydrogen) atoms. The van der Waals surface area contributed by atoms with Crippen molar-refractivity contribution >= 4 is 21.5 Å². The van der Waals surface area contributed by atoms with Gasteiger partial charge in [-0.2, -0.15) is 0 Å². The number of hydrogen-bond donors (Lipinski definition) is 0. The SMILES string of the molecule is COc1cccc2c1c(=O)oc(=O)c1ccccc12. The summed E-state index contributed by atoms with van der Waals surface area (Å²) in [6.45, 7) is 0. The quantitative estimate of drug-likeness (QED) is 0.668. The summed E-state index contributed by atoms with van der Waals surface area (Å²) >= 11 is 0. The van der Waals surface area contributed by atoms with Gasteiger partial charge in [-0.15, -0.1) is 0 Å². The molecule has 4 nitrogen and oxygen atoms in total. The molecule has 3 rings (SSSR count). The van der Waals surface area contributed by atoms with Gasteiger partial charge in [0.15, 0.2) is 0 Å². The summed E-state index contributed by atoms with van der Waals surface area (Å²) in [5.74, 6) is 0.395. The fourth-order valence-corrected chi connectivity index (χ4v) is 2.22. The van der Waals surface area contributed by atoms with E-state index in [2.05, 4.69) is 0 Å². The van der Waals surface area contributed by atoms with Crippen LogP contribution in [0.15, 0.2) is 56.5 Å². The molecule has 1 heterocycles. The summed E-state index contributed by atoms with van der Waals surface area (Å²) in [5, 5.41) is 1.98.